The Morgan fingerprint density at radius 1 is 1.23 bits per heavy atom. The Morgan fingerprint density at radius 2 is 1.88 bits per heavy atom. The van der Waals surface area contributed by atoms with Gasteiger partial charge in [-0.15, -0.1) is 6.58 Å². The first-order valence-corrected chi connectivity index (χ1v) is 8.26. The summed E-state index contributed by atoms with van der Waals surface area (Å²) >= 11 is 5.96. The van der Waals surface area contributed by atoms with Crippen molar-refractivity contribution < 1.29 is 18.0 Å². The van der Waals surface area contributed by atoms with Gasteiger partial charge >= 0.3 is 12.2 Å². The Hall–Kier alpha value is -2.47. The molecule has 1 N–H and O–H groups in total. The van der Waals surface area contributed by atoms with Crippen LogP contribution in [0.2, 0.25) is 5.02 Å². The molecule has 0 aliphatic carbocycles. The zero-order valence-corrected chi connectivity index (χ0v) is 14.6. The Morgan fingerprint density at radius 3 is 2.46 bits per heavy atom. The molecule has 3 nitrogen and oxygen atoms in total. The third-order valence-corrected chi connectivity index (χ3v) is 4.86. The molecule has 2 amide bonds. The van der Waals surface area contributed by atoms with Gasteiger partial charge in [0.2, 0.25) is 0 Å². The van der Waals surface area contributed by atoms with E-state index in [9.17, 15) is 18.0 Å². The molecule has 2 aromatic carbocycles. The summed E-state index contributed by atoms with van der Waals surface area (Å²) in [6.45, 7) is 4.98. The van der Waals surface area contributed by atoms with Crippen LogP contribution in [0.5, 0.6) is 0 Å². The zero-order chi connectivity index (χ0) is 19.1. The number of carbonyl (C=O) groups is 1. The van der Waals surface area contributed by atoms with Crippen molar-refractivity contribution in [1.82, 2.24) is 4.90 Å². The third-order valence-electron chi connectivity index (χ3n) is 4.63. The predicted molar refractivity (Wildman–Crippen MR) is 95.1 cm³/mol. The number of halogens is 4. The summed E-state index contributed by atoms with van der Waals surface area (Å²) in [5, 5.41) is 2.67. The summed E-state index contributed by atoms with van der Waals surface area (Å²) in [5.74, 6) is 0. The van der Waals surface area contributed by atoms with Crippen LogP contribution in [0.1, 0.15) is 24.1 Å². The van der Waals surface area contributed by atoms with E-state index in [0.29, 0.717) is 5.56 Å². The lowest BCUT2D eigenvalue weighted by Crippen LogP contribution is -2.61. The average molecular weight is 381 g/mol. The van der Waals surface area contributed by atoms with Crippen LogP contribution in [0.3, 0.4) is 0 Å². The first-order valence-electron chi connectivity index (χ1n) is 7.88. The van der Waals surface area contributed by atoms with E-state index in [2.05, 4.69) is 11.9 Å². The fraction of sp³-hybridized carbons (Fsp3) is 0.211. The summed E-state index contributed by atoms with van der Waals surface area (Å²) in [6, 6.07) is 10.8. The van der Waals surface area contributed by atoms with E-state index < -0.39 is 23.8 Å². The van der Waals surface area contributed by atoms with Gasteiger partial charge in [-0.25, -0.2) is 4.79 Å². The van der Waals surface area contributed by atoms with Crippen molar-refractivity contribution >= 4 is 23.3 Å². The molecule has 1 aliphatic rings. The van der Waals surface area contributed by atoms with Crippen molar-refractivity contribution in [2.24, 2.45) is 0 Å². The summed E-state index contributed by atoms with van der Waals surface area (Å²) in [5.41, 5.74) is -2.23. The smallest absolute Gasteiger partial charge is 0.307 e. The van der Waals surface area contributed by atoms with Gasteiger partial charge in [0.1, 0.15) is 0 Å². The molecule has 0 bridgehead atoms. The molecule has 0 spiro atoms. The lowest BCUT2D eigenvalue weighted by Gasteiger charge is -2.49. The molecule has 1 heterocycles. The molecule has 0 fully saturated rings. The number of rotatable bonds is 3. The van der Waals surface area contributed by atoms with Gasteiger partial charge in [0, 0.05) is 16.3 Å². The first kappa shape index (κ1) is 18.3. The summed E-state index contributed by atoms with van der Waals surface area (Å²) < 4.78 is 43.1. The van der Waals surface area contributed by atoms with Gasteiger partial charge in [-0.05, 0) is 30.7 Å². The highest BCUT2D eigenvalue weighted by Crippen LogP contribution is 2.53. The standard InChI is InChI=1S/C19H16ClF3N2O/c1-3-18(19(21,22)23)15-11-14(20)9-10-16(15)24-17(26)25(18)12(2)13-7-5-4-6-8-13/h3-12H,1H2,2H3,(H,24,26)/t12-,18-/m1/s1. The van der Waals surface area contributed by atoms with Crippen molar-refractivity contribution in [2.75, 3.05) is 5.32 Å². The number of nitrogens with zero attached hydrogens (tertiary/aromatic N) is 1. The fourth-order valence-electron chi connectivity index (χ4n) is 3.38. The van der Waals surface area contributed by atoms with Gasteiger partial charge < -0.3 is 5.32 Å². The van der Waals surface area contributed by atoms with Gasteiger partial charge in [-0.1, -0.05) is 48.0 Å². The predicted octanol–water partition coefficient (Wildman–Crippen LogP) is 5.89. The van der Waals surface area contributed by atoms with Crippen LogP contribution in [0.15, 0.2) is 61.2 Å². The van der Waals surface area contributed by atoms with E-state index in [0.717, 1.165) is 11.0 Å². The molecule has 0 unspecified atom stereocenters. The number of hydrogen-bond donors (Lipinski definition) is 1. The van der Waals surface area contributed by atoms with E-state index in [1.54, 1.807) is 37.3 Å². The van der Waals surface area contributed by atoms with Crippen LogP contribution < -0.4 is 5.32 Å². The number of nitrogens with one attached hydrogen (secondary N) is 1. The Bertz CT molecular complexity index is 854. The second-order valence-corrected chi connectivity index (χ2v) is 6.48. The van der Waals surface area contributed by atoms with Gasteiger partial charge in [0.25, 0.3) is 0 Å². The maximum atomic E-state index is 14.4. The van der Waals surface area contributed by atoms with Crippen LogP contribution in [-0.4, -0.2) is 17.1 Å². The molecule has 2 atom stereocenters. The number of fused-ring (bicyclic) bond motifs is 1. The summed E-state index contributed by atoms with van der Waals surface area (Å²) in [4.78, 5) is 13.5. The molecule has 26 heavy (non-hydrogen) atoms. The molecule has 0 saturated carbocycles. The number of urea groups is 1. The lowest BCUT2D eigenvalue weighted by molar-refractivity contribution is -0.215. The van der Waals surface area contributed by atoms with Crippen LogP contribution in [0, 0.1) is 0 Å². The molecule has 0 saturated heterocycles. The number of amides is 2. The van der Waals surface area contributed by atoms with Gasteiger partial charge in [0.15, 0.2) is 5.54 Å². The van der Waals surface area contributed by atoms with E-state index in [1.165, 1.54) is 18.2 Å². The lowest BCUT2D eigenvalue weighted by atomic mass is 9.82. The van der Waals surface area contributed by atoms with Crippen molar-refractivity contribution in [3.63, 3.8) is 0 Å². The van der Waals surface area contributed by atoms with Gasteiger partial charge in [-0.3, -0.25) is 4.90 Å². The zero-order valence-electron chi connectivity index (χ0n) is 13.8. The van der Waals surface area contributed by atoms with Crippen molar-refractivity contribution in [3.05, 3.63) is 77.3 Å². The molecule has 2 aromatic rings. The average Bonchev–Trinajstić information content (AvgIpc) is 2.60. The van der Waals surface area contributed by atoms with E-state index in [1.807, 2.05) is 0 Å². The maximum absolute atomic E-state index is 14.4. The molecule has 136 valence electrons. The molecule has 3 rings (SSSR count). The van der Waals surface area contributed by atoms with Crippen molar-refractivity contribution in [1.29, 1.82) is 0 Å². The minimum atomic E-state index is -4.80. The molecular formula is C19H16ClF3N2O. The normalized spacial score (nSPS) is 21.0. The Labute approximate surface area is 154 Å². The fourth-order valence-corrected chi connectivity index (χ4v) is 3.55. The molecular weight excluding hydrogens is 365 g/mol. The largest absolute Gasteiger partial charge is 0.419 e. The topological polar surface area (TPSA) is 32.3 Å². The second kappa shape index (κ2) is 6.36. The highest BCUT2D eigenvalue weighted by atomic mass is 35.5. The number of hydrogen-bond acceptors (Lipinski definition) is 1. The van der Waals surface area contributed by atoms with Crippen LogP contribution in [0.25, 0.3) is 0 Å². The molecule has 0 radical (unpaired) electrons. The highest BCUT2D eigenvalue weighted by molar-refractivity contribution is 6.30. The number of alkyl halides is 3. The van der Waals surface area contributed by atoms with Gasteiger partial charge in [-0.2, -0.15) is 13.2 Å². The minimum absolute atomic E-state index is 0.0631. The monoisotopic (exact) mass is 380 g/mol. The number of benzene rings is 2. The Kier molecular flexibility index (Phi) is 4.48. The van der Waals surface area contributed by atoms with Crippen LogP contribution >= 0.6 is 11.6 Å². The quantitative estimate of drug-likeness (QED) is 0.661. The third kappa shape index (κ3) is 2.65. The second-order valence-electron chi connectivity index (χ2n) is 6.04. The summed E-state index contributed by atoms with van der Waals surface area (Å²) in [6.07, 6.45) is -4.03. The van der Waals surface area contributed by atoms with E-state index in [4.69, 9.17) is 11.6 Å². The van der Waals surface area contributed by atoms with E-state index >= 15 is 0 Å². The maximum Gasteiger partial charge on any atom is 0.419 e. The van der Waals surface area contributed by atoms with Gasteiger partial charge in [0.05, 0.1) is 6.04 Å². The number of anilines is 1. The molecule has 0 aromatic heterocycles. The minimum Gasteiger partial charge on any atom is -0.307 e. The van der Waals surface area contributed by atoms with Crippen molar-refractivity contribution in [3.8, 4) is 0 Å². The molecule has 1 aliphatic heterocycles. The molecule has 7 heteroatoms. The SMILES string of the molecule is C=C[C@]1(C(F)(F)F)c2cc(Cl)ccc2NC(=O)N1[C@H](C)c1ccccc1. The van der Waals surface area contributed by atoms with Crippen LogP contribution in [0.4, 0.5) is 23.7 Å². The summed E-state index contributed by atoms with van der Waals surface area (Å²) in [7, 11) is 0. The highest BCUT2D eigenvalue weighted by Gasteiger charge is 2.63. The van der Waals surface area contributed by atoms with Crippen molar-refractivity contribution in [2.45, 2.75) is 24.7 Å². The number of carbonyl (C=O) groups excluding carboxylic acids is 1. The first-order chi connectivity index (χ1) is 12.2. The van der Waals surface area contributed by atoms with Crippen LogP contribution in [-0.2, 0) is 5.54 Å². The Balaban J connectivity index is 2.28. The van der Waals surface area contributed by atoms with E-state index in [-0.39, 0.29) is 16.3 Å².